The molecule has 0 spiro atoms. The fourth-order valence-electron chi connectivity index (χ4n) is 0.702. The van der Waals surface area contributed by atoms with Gasteiger partial charge in [0.25, 0.3) is 0 Å². The molecule has 0 saturated heterocycles. The van der Waals surface area contributed by atoms with E-state index in [0.717, 1.165) is 13.1 Å². The number of quaternary nitrogens is 1. The lowest BCUT2D eigenvalue weighted by Crippen LogP contribution is -2.51. The number of aromatic nitrogens is 1. The van der Waals surface area contributed by atoms with Crippen LogP contribution in [0.1, 0.15) is 0 Å². The number of nitrogens with zero attached hydrogens (tertiary/aromatic N) is 1. The Kier molecular flexibility index (Phi) is 1.70. The monoisotopic (exact) mass is 111 g/mol. The molecule has 0 unspecified atom stereocenters. The second-order valence-corrected chi connectivity index (χ2v) is 1.77. The maximum atomic E-state index is 3.74. The smallest absolute Gasteiger partial charge is 0.0921 e. The van der Waals surface area contributed by atoms with Gasteiger partial charge in [0, 0.05) is 12.4 Å². The summed E-state index contributed by atoms with van der Waals surface area (Å²) in [5.41, 5.74) is 3.74. The zero-order chi connectivity index (χ0) is 5.82. The van der Waals surface area contributed by atoms with E-state index in [2.05, 4.69) is 10.3 Å². The van der Waals surface area contributed by atoms with E-state index in [1.807, 2.05) is 24.5 Å². The highest BCUT2D eigenvalue weighted by Crippen LogP contribution is 1.85. The molecule has 1 aromatic rings. The van der Waals surface area contributed by atoms with Gasteiger partial charge in [-0.15, -0.1) is 0 Å². The van der Waals surface area contributed by atoms with Crippen molar-refractivity contribution in [2.24, 2.45) is 0 Å². The minimum Gasteiger partial charge on any atom is -0.356 e. The molecule has 44 valence electrons. The summed E-state index contributed by atoms with van der Waals surface area (Å²) < 4.78 is 2.12. The first-order chi connectivity index (χ1) is 3.93. The third kappa shape index (κ3) is 1.10. The van der Waals surface area contributed by atoms with E-state index in [9.17, 15) is 0 Å². The van der Waals surface area contributed by atoms with Crippen LogP contribution in [0.5, 0.6) is 0 Å². The summed E-state index contributed by atoms with van der Waals surface area (Å²) in [5, 5.41) is 0. The van der Waals surface area contributed by atoms with Crippen molar-refractivity contribution in [3.8, 4) is 0 Å². The van der Waals surface area contributed by atoms with E-state index < -0.39 is 0 Å². The molecule has 0 aliphatic carbocycles. The van der Waals surface area contributed by atoms with Crippen LogP contribution < -0.4 is 5.73 Å². The van der Waals surface area contributed by atoms with Crippen LogP contribution in [0.25, 0.3) is 0 Å². The molecule has 0 saturated carbocycles. The Morgan fingerprint density at radius 2 is 1.88 bits per heavy atom. The molecule has 0 fully saturated rings. The van der Waals surface area contributed by atoms with Gasteiger partial charge in [0.05, 0.1) is 13.1 Å². The van der Waals surface area contributed by atoms with Gasteiger partial charge in [-0.3, -0.25) is 0 Å². The Balaban J connectivity index is 2.50. The summed E-state index contributed by atoms with van der Waals surface area (Å²) in [6.07, 6.45) is 4.09. The second-order valence-electron chi connectivity index (χ2n) is 1.77. The van der Waals surface area contributed by atoms with Crippen LogP contribution in [-0.2, 0) is 6.54 Å². The van der Waals surface area contributed by atoms with E-state index in [4.69, 9.17) is 0 Å². The van der Waals surface area contributed by atoms with Gasteiger partial charge in [-0.2, -0.15) is 0 Å². The van der Waals surface area contributed by atoms with Gasteiger partial charge in [-0.05, 0) is 12.1 Å². The number of hydrogen-bond donors (Lipinski definition) is 1. The molecule has 1 heterocycles. The van der Waals surface area contributed by atoms with Gasteiger partial charge >= 0.3 is 0 Å². The largest absolute Gasteiger partial charge is 0.356 e. The van der Waals surface area contributed by atoms with Crippen molar-refractivity contribution in [1.82, 2.24) is 4.57 Å². The minimum atomic E-state index is 0.967. The third-order valence-corrected chi connectivity index (χ3v) is 1.08. The summed E-state index contributed by atoms with van der Waals surface area (Å²) in [4.78, 5) is 0. The molecular weight excluding hydrogens is 100 g/mol. The molecule has 2 nitrogen and oxygen atoms in total. The van der Waals surface area contributed by atoms with Gasteiger partial charge < -0.3 is 10.3 Å². The Morgan fingerprint density at radius 3 is 2.38 bits per heavy atom. The highest BCUT2D eigenvalue weighted by Gasteiger charge is 1.82. The van der Waals surface area contributed by atoms with Crippen LogP contribution in [0.4, 0.5) is 0 Å². The number of hydrogen-bond acceptors (Lipinski definition) is 0. The molecule has 0 radical (unpaired) electrons. The highest BCUT2D eigenvalue weighted by atomic mass is 14.9. The topological polar surface area (TPSA) is 32.6 Å². The molecule has 0 amide bonds. The standard InChI is InChI=1S/C6H10N2/c7-3-6-8-4-1-2-5-8/h1-2,4-5H,3,6-7H2/p+1. The van der Waals surface area contributed by atoms with Crippen molar-refractivity contribution in [3.63, 3.8) is 0 Å². The van der Waals surface area contributed by atoms with E-state index in [-0.39, 0.29) is 0 Å². The lowest BCUT2D eigenvalue weighted by molar-refractivity contribution is -0.369. The van der Waals surface area contributed by atoms with E-state index >= 15 is 0 Å². The predicted octanol–water partition coefficient (Wildman–Crippen LogP) is -0.270. The zero-order valence-corrected chi connectivity index (χ0v) is 4.88. The second kappa shape index (κ2) is 2.52. The molecule has 0 aliphatic rings. The first-order valence-corrected chi connectivity index (χ1v) is 2.83. The van der Waals surface area contributed by atoms with Gasteiger partial charge in [0.2, 0.25) is 0 Å². The predicted molar refractivity (Wildman–Crippen MR) is 32.2 cm³/mol. The molecule has 2 heteroatoms. The molecule has 0 bridgehead atoms. The Morgan fingerprint density at radius 1 is 1.25 bits per heavy atom. The summed E-state index contributed by atoms with van der Waals surface area (Å²) in [7, 11) is 0. The van der Waals surface area contributed by atoms with E-state index in [1.54, 1.807) is 0 Å². The van der Waals surface area contributed by atoms with Gasteiger partial charge in [0.15, 0.2) is 0 Å². The maximum absolute atomic E-state index is 3.74. The van der Waals surface area contributed by atoms with Crippen molar-refractivity contribution >= 4 is 0 Å². The molecule has 1 rings (SSSR count). The molecule has 1 aromatic heterocycles. The lowest BCUT2D eigenvalue weighted by Gasteiger charge is -1.93. The van der Waals surface area contributed by atoms with Crippen molar-refractivity contribution in [2.75, 3.05) is 6.54 Å². The van der Waals surface area contributed by atoms with Crippen LogP contribution in [0, 0.1) is 0 Å². The molecule has 3 N–H and O–H groups in total. The maximum Gasteiger partial charge on any atom is 0.0921 e. The van der Waals surface area contributed by atoms with Crippen LogP contribution in [-0.4, -0.2) is 11.1 Å². The summed E-state index contributed by atoms with van der Waals surface area (Å²) in [5.74, 6) is 0. The highest BCUT2D eigenvalue weighted by molar-refractivity contribution is 4.89. The first-order valence-electron chi connectivity index (χ1n) is 2.83. The average Bonchev–Trinajstić information content (AvgIpc) is 2.19. The van der Waals surface area contributed by atoms with Crippen LogP contribution >= 0.6 is 0 Å². The average molecular weight is 111 g/mol. The van der Waals surface area contributed by atoms with E-state index in [1.165, 1.54) is 0 Å². The van der Waals surface area contributed by atoms with Gasteiger partial charge in [-0.1, -0.05) is 0 Å². The molecule has 0 aliphatic heterocycles. The van der Waals surface area contributed by atoms with Crippen molar-refractivity contribution in [2.45, 2.75) is 6.54 Å². The normalized spacial score (nSPS) is 9.62. The van der Waals surface area contributed by atoms with Gasteiger partial charge in [-0.25, -0.2) is 0 Å². The Bertz CT molecular complexity index is 132. The van der Waals surface area contributed by atoms with Crippen LogP contribution in [0.15, 0.2) is 24.5 Å². The molecular formula is C6H11N2+. The summed E-state index contributed by atoms with van der Waals surface area (Å²) in [6, 6.07) is 4.05. The lowest BCUT2D eigenvalue weighted by atomic mass is 10.6. The van der Waals surface area contributed by atoms with E-state index in [0.29, 0.717) is 0 Å². The summed E-state index contributed by atoms with van der Waals surface area (Å²) >= 11 is 0. The fraction of sp³-hybridized carbons (Fsp3) is 0.333. The SMILES string of the molecule is [NH3+]CCn1cccc1. The number of rotatable bonds is 2. The summed E-state index contributed by atoms with van der Waals surface area (Å²) in [6.45, 7) is 2.00. The zero-order valence-electron chi connectivity index (χ0n) is 4.88. The Labute approximate surface area is 48.9 Å². The molecule has 0 atom stereocenters. The first kappa shape index (κ1) is 5.38. The van der Waals surface area contributed by atoms with Crippen molar-refractivity contribution in [3.05, 3.63) is 24.5 Å². The van der Waals surface area contributed by atoms with Crippen LogP contribution in [0.2, 0.25) is 0 Å². The van der Waals surface area contributed by atoms with Crippen molar-refractivity contribution in [1.29, 1.82) is 0 Å². The Hall–Kier alpha value is -0.760. The quantitative estimate of drug-likeness (QED) is 0.545. The van der Waals surface area contributed by atoms with Gasteiger partial charge in [0.1, 0.15) is 0 Å². The van der Waals surface area contributed by atoms with Crippen molar-refractivity contribution < 1.29 is 5.73 Å². The van der Waals surface area contributed by atoms with Crippen LogP contribution in [0.3, 0.4) is 0 Å². The molecule has 0 aromatic carbocycles. The minimum absolute atomic E-state index is 0.967. The third-order valence-electron chi connectivity index (χ3n) is 1.08. The fourth-order valence-corrected chi connectivity index (χ4v) is 0.702. The molecule has 8 heavy (non-hydrogen) atoms.